The van der Waals surface area contributed by atoms with Crippen LogP contribution in [0.25, 0.3) is 10.9 Å². The molecule has 2 heterocycles. The number of hydrogen-bond donors (Lipinski definition) is 4. The molecule has 0 spiro atoms. The minimum atomic E-state index is -5.08. The van der Waals surface area contributed by atoms with Crippen LogP contribution in [0.3, 0.4) is 0 Å². The van der Waals surface area contributed by atoms with Crippen molar-refractivity contribution >= 4 is 34.4 Å². The van der Waals surface area contributed by atoms with E-state index in [0.717, 1.165) is 22.2 Å². The van der Waals surface area contributed by atoms with E-state index in [1.54, 1.807) is 11.1 Å². The number of benzene rings is 2. The molecule has 2 aromatic carbocycles. The maximum absolute atomic E-state index is 12.7. The summed E-state index contributed by atoms with van der Waals surface area (Å²) in [5.41, 5.74) is 8.80. The zero-order valence-electron chi connectivity index (χ0n) is 18.5. The highest BCUT2D eigenvalue weighted by molar-refractivity contribution is 5.95. The van der Waals surface area contributed by atoms with E-state index in [0.29, 0.717) is 25.9 Å². The van der Waals surface area contributed by atoms with Crippen LogP contribution in [0.1, 0.15) is 12.0 Å². The van der Waals surface area contributed by atoms with Crippen molar-refractivity contribution in [2.45, 2.75) is 25.1 Å². The molecule has 12 heteroatoms. The van der Waals surface area contributed by atoms with Gasteiger partial charge in [0.2, 0.25) is 11.8 Å². The van der Waals surface area contributed by atoms with E-state index in [4.69, 9.17) is 15.6 Å². The summed E-state index contributed by atoms with van der Waals surface area (Å²) >= 11 is 0. The summed E-state index contributed by atoms with van der Waals surface area (Å²) in [6.07, 6.45) is -2.23. The number of H-pyrrole nitrogens is 1. The van der Waals surface area contributed by atoms with Crippen LogP contribution >= 0.6 is 0 Å². The number of nitrogens with zero attached hydrogens (tertiary/aromatic N) is 2. The van der Waals surface area contributed by atoms with E-state index in [2.05, 4.69) is 15.5 Å². The van der Waals surface area contributed by atoms with Gasteiger partial charge in [-0.15, -0.1) is 0 Å². The molecule has 0 saturated carbocycles. The quantitative estimate of drug-likeness (QED) is 0.432. The fourth-order valence-corrected chi connectivity index (χ4v) is 3.63. The van der Waals surface area contributed by atoms with Crippen LogP contribution in [0, 0.1) is 5.92 Å². The van der Waals surface area contributed by atoms with Crippen molar-refractivity contribution in [2.24, 2.45) is 11.7 Å². The minimum Gasteiger partial charge on any atom is -0.475 e. The Morgan fingerprint density at radius 1 is 1.20 bits per heavy atom. The van der Waals surface area contributed by atoms with Crippen molar-refractivity contribution in [1.82, 2.24) is 15.1 Å². The van der Waals surface area contributed by atoms with E-state index in [1.165, 1.54) is 0 Å². The molecular formula is C23H24F3N5O4. The second-order valence-electron chi connectivity index (χ2n) is 8.03. The number of carbonyl (C=O) groups is 3. The Hall–Kier alpha value is -3.93. The zero-order chi connectivity index (χ0) is 25.6. The van der Waals surface area contributed by atoms with Gasteiger partial charge in [-0.2, -0.15) is 18.3 Å². The number of anilines is 1. The first kappa shape index (κ1) is 25.7. The maximum atomic E-state index is 12.7. The van der Waals surface area contributed by atoms with Crippen molar-refractivity contribution in [3.8, 4) is 0 Å². The molecular weight excluding hydrogens is 467 g/mol. The number of halogens is 3. The number of carboxylic acid groups (broad SMARTS) is 1. The summed E-state index contributed by atoms with van der Waals surface area (Å²) in [6, 6.07) is 14.7. The van der Waals surface area contributed by atoms with Gasteiger partial charge in [0.1, 0.15) is 0 Å². The monoisotopic (exact) mass is 491 g/mol. The van der Waals surface area contributed by atoms with E-state index >= 15 is 0 Å². The summed E-state index contributed by atoms with van der Waals surface area (Å²) in [7, 11) is 0. The Balaban J connectivity index is 0.000000429. The lowest BCUT2D eigenvalue weighted by Gasteiger charge is -2.21. The van der Waals surface area contributed by atoms with Crippen molar-refractivity contribution in [3.63, 3.8) is 0 Å². The smallest absolute Gasteiger partial charge is 0.475 e. The summed E-state index contributed by atoms with van der Waals surface area (Å²) in [6.45, 7) is 0.960. The molecule has 1 aromatic heterocycles. The Bertz CT molecular complexity index is 1180. The van der Waals surface area contributed by atoms with Gasteiger partial charge in [0.25, 0.3) is 0 Å². The summed E-state index contributed by atoms with van der Waals surface area (Å²) < 4.78 is 31.7. The van der Waals surface area contributed by atoms with Gasteiger partial charge in [0.15, 0.2) is 0 Å². The van der Waals surface area contributed by atoms with Gasteiger partial charge < -0.3 is 21.1 Å². The number of carboxylic acids is 1. The van der Waals surface area contributed by atoms with Gasteiger partial charge >= 0.3 is 12.1 Å². The normalized spacial score (nSPS) is 16.3. The Kier molecular flexibility index (Phi) is 8.07. The molecule has 2 atom stereocenters. The number of aromatic nitrogens is 2. The third kappa shape index (κ3) is 7.03. The fourth-order valence-electron chi connectivity index (χ4n) is 3.63. The van der Waals surface area contributed by atoms with Crippen LogP contribution in [0.5, 0.6) is 0 Å². The number of nitrogens with one attached hydrogen (secondary N) is 2. The van der Waals surface area contributed by atoms with Gasteiger partial charge in [-0.3, -0.25) is 14.7 Å². The van der Waals surface area contributed by atoms with Gasteiger partial charge in [-0.05, 0) is 36.6 Å². The molecule has 1 saturated heterocycles. The van der Waals surface area contributed by atoms with E-state index < -0.39 is 18.2 Å². The molecule has 9 nitrogen and oxygen atoms in total. The van der Waals surface area contributed by atoms with Gasteiger partial charge in [0, 0.05) is 24.2 Å². The zero-order valence-corrected chi connectivity index (χ0v) is 18.5. The average Bonchev–Trinajstić information content (AvgIpc) is 3.48. The molecule has 4 rings (SSSR count). The van der Waals surface area contributed by atoms with Crippen LogP contribution in [-0.4, -0.2) is 63.3 Å². The second-order valence-corrected chi connectivity index (χ2v) is 8.03. The van der Waals surface area contributed by atoms with Crippen LogP contribution in [0.2, 0.25) is 0 Å². The molecule has 5 N–H and O–H groups in total. The first-order valence-corrected chi connectivity index (χ1v) is 10.7. The Labute approximate surface area is 198 Å². The molecule has 0 bridgehead atoms. The molecule has 186 valence electrons. The molecule has 3 aromatic rings. The van der Waals surface area contributed by atoms with Crippen molar-refractivity contribution < 1.29 is 32.7 Å². The lowest BCUT2D eigenvalue weighted by molar-refractivity contribution is -0.192. The van der Waals surface area contributed by atoms with Gasteiger partial charge in [0.05, 0.1) is 23.7 Å². The van der Waals surface area contributed by atoms with Gasteiger partial charge in [-0.1, -0.05) is 30.3 Å². The number of aliphatic carboxylic acids is 1. The third-order valence-electron chi connectivity index (χ3n) is 5.44. The highest BCUT2D eigenvalue weighted by atomic mass is 19.4. The highest BCUT2D eigenvalue weighted by Crippen LogP contribution is 2.22. The van der Waals surface area contributed by atoms with E-state index in [1.807, 2.05) is 48.5 Å². The molecule has 0 radical (unpaired) electrons. The molecule has 2 amide bonds. The molecule has 1 aliphatic heterocycles. The lowest BCUT2D eigenvalue weighted by atomic mass is 10.1. The van der Waals surface area contributed by atoms with Crippen LogP contribution in [0.15, 0.2) is 54.7 Å². The topological polar surface area (TPSA) is 141 Å². The number of hydrogen-bond acceptors (Lipinski definition) is 5. The SMILES string of the molecule is N[C@@H](Cc1ccccc1)C(=O)N1CCC(C(=O)Nc2ccc3[nH]ncc3c2)C1.O=C(O)C(F)(F)F. The first-order chi connectivity index (χ1) is 16.5. The Morgan fingerprint density at radius 2 is 1.89 bits per heavy atom. The number of likely N-dealkylation sites (tertiary alicyclic amines) is 1. The average molecular weight is 491 g/mol. The largest absolute Gasteiger partial charge is 0.490 e. The number of carbonyl (C=O) groups excluding carboxylic acids is 2. The number of alkyl halides is 3. The maximum Gasteiger partial charge on any atom is 0.490 e. The number of fused-ring (bicyclic) bond motifs is 1. The van der Waals surface area contributed by atoms with Crippen LogP contribution in [0.4, 0.5) is 18.9 Å². The van der Waals surface area contributed by atoms with Crippen molar-refractivity contribution in [1.29, 1.82) is 0 Å². The van der Waals surface area contributed by atoms with Crippen LogP contribution < -0.4 is 11.1 Å². The predicted molar refractivity (Wildman–Crippen MR) is 121 cm³/mol. The molecule has 1 aliphatic rings. The van der Waals surface area contributed by atoms with Crippen molar-refractivity contribution in [3.05, 3.63) is 60.3 Å². The standard InChI is InChI=1S/C21H23N5O2.C2HF3O2/c22-18(10-14-4-2-1-3-5-14)21(28)26-9-8-15(13-26)20(27)24-17-6-7-19-16(11-17)12-23-25-19;3-2(4,5)1(6)7/h1-7,11-12,15,18H,8-10,13,22H2,(H,23,25)(H,24,27);(H,6,7)/t15?,18-;/m0./s1. The molecule has 1 unspecified atom stereocenters. The number of nitrogens with two attached hydrogens (primary N) is 1. The first-order valence-electron chi connectivity index (χ1n) is 10.7. The number of aromatic amines is 1. The van der Waals surface area contributed by atoms with Gasteiger partial charge in [-0.25, -0.2) is 4.79 Å². The number of rotatable bonds is 5. The lowest BCUT2D eigenvalue weighted by Crippen LogP contribution is -2.44. The Morgan fingerprint density at radius 3 is 2.54 bits per heavy atom. The fraction of sp³-hybridized carbons (Fsp3) is 0.304. The molecule has 35 heavy (non-hydrogen) atoms. The number of amides is 2. The van der Waals surface area contributed by atoms with E-state index in [9.17, 15) is 22.8 Å². The summed E-state index contributed by atoms with van der Waals surface area (Å²) in [4.78, 5) is 35.9. The van der Waals surface area contributed by atoms with Crippen LogP contribution in [-0.2, 0) is 20.8 Å². The molecule has 0 aliphatic carbocycles. The summed E-state index contributed by atoms with van der Waals surface area (Å²) in [5.74, 6) is -3.16. The third-order valence-corrected chi connectivity index (χ3v) is 5.44. The predicted octanol–water partition coefficient (Wildman–Crippen LogP) is 2.55. The van der Waals surface area contributed by atoms with Crippen molar-refractivity contribution in [2.75, 3.05) is 18.4 Å². The molecule has 1 fully saturated rings. The highest BCUT2D eigenvalue weighted by Gasteiger charge is 2.38. The van der Waals surface area contributed by atoms with E-state index in [-0.39, 0.29) is 17.7 Å². The summed E-state index contributed by atoms with van der Waals surface area (Å²) in [5, 5.41) is 17.9. The minimum absolute atomic E-state index is 0.0743. The second kappa shape index (κ2) is 11.0.